The number of carbonyl (C=O) groups excluding carboxylic acids is 2. The quantitative estimate of drug-likeness (QED) is 0.474. The highest BCUT2D eigenvalue weighted by molar-refractivity contribution is 6.16. The van der Waals surface area contributed by atoms with E-state index in [-0.39, 0.29) is 22.8 Å². The van der Waals surface area contributed by atoms with Crippen LogP contribution in [0.5, 0.6) is 0 Å². The van der Waals surface area contributed by atoms with Gasteiger partial charge in [-0.25, -0.2) is 9.97 Å². The number of Topliss-reactive ketones (excluding diaryl/α,β-unsaturated/α-hetero) is 1. The molecule has 0 saturated heterocycles. The smallest absolute Gasteiger partial charge is 0.291 e. The molecule has 4 rings (SSSR count). The molecule has 1 aliphatic carbocycles. The number of benzene rings is 1. The molecule has 1 atom stereocenters. The number of azo groups is 1. The van der Waals surface area contributed by atoms with Gasteiger partial charge in [0.05, 0.1) is 17.2 Å². The van der Waals surface area contributed by atoms with Crippen LogP contribution in [0.3, 0.4) is 0 Å². The summed E-state index contributed by atoms with van der Waals surface area (Å²) in [5, 5.41) is 12.8. The maximum atomic E-state index is 12.8. The number of primary amides is 1. The lowest BCUT2D eigenvalue weighted by Crippen LogP contribution is -2.35. The first-order valence-corrected chi connectivity index (χ1v) is 7.96. The summed E-state index contributed by atoms with van der Waals surface area (Å²) >= 11 is 0. The van der Waals surface area contributed by atoms with Crippen molar-refractivity contribution in [2.24, 2.45) is 21.9 Å². The van der Waals surface area contributed by atoms with Crippen molar-refractivity contribution in [3.05, 3.63) is 57.8 Å². The second-order valence-electron chi connectivity index (χ2n) is 5.97. The Hall–Kier alpha value is -3.95. The molecule has 1 unspecified atom stereocenters. The van der Waals surface area contributed by atoms with E-state index < -0.39 is 23.2 Å². The van der Waals surface area contributed by atoms with Gasteiger partial charge in [0.1, 0.15) is 23.0 Å². The van der Waals surface area contributed by atoms with Gasteiger partial charge in [0, 0.05) is 0 Å². The van der Waals surface area contributed by atoms with Crippen molar-refractivity contribution >= 4 is 34.1 Å². The SMILES string of the molecule is CC1=C(N=Nc2c[nH][nH]c2=O)c2nc3ccccc3nc2C(=O)C1C(N)=O. The number of nitrogens with two attached hydrogens (primary N) is 1. The summed E-state index contributed by atoms with van der Waals surface area (Å²) in [4.78, 5) is 45.1. The Balaban J connectivity index is 1.97. The highest BCUT2D eigenvalue weighted by atomic mass is 16.2. The molecule has 10 nitrogen and oxygen atoms in total. The Kier molecular flexibility index (Phi) is 3.73. The number of H-pyrrole nitrogens is 2. The number of amides is 1. The molecule has 0 radical (unpaired) electrons. The fourth-order valence-electron chi connectivity index (χ4n) is 2.94. The van der Waals surface area contributed by atoms with Gasteiger partial charge in [-0.05, 0) is 24.6 Å². The van der Waals surface area contributed by atoms with Gasteiger partial charge >= 0.3 is 0 Å². The van der Waals surface area contributed by atoms with Gasteiger partial charge in [0.2, 0.25) is 5.91 Å². The van der Waals surface area contributed by atoms with E-state index in [0.29, 0.717) is 16.6 Å². The van der Waals surface area contributed by atoms with Crippen molar-refractivity contribution in [1.29, 1.82) is 0 Å². The maximum Gasteiger partial charge on any atom is 0.291 e. The summed E-state index contributed by atoms with van der Waals surface area (Å²) in [6, 6.07) is 7.01. The van der Waals surface area contributed by atoms with E-state index in [1.54, 1.807) is 31.2 Å². The Labute approximate surface area is 151 Å². The number of carbonyl (C=O) groups is 2. The zero-order chi connectivity index (χ0) is 19.1. The number of rotatable bonds is 3. The van der Waals surface area contributed by atoms with Crippen LogP contribution in [-0.4, -0.2) is 31.9 Å². The van der Waals surface area contributed by atoms with E-state index in [0.717, 1.165) is 0 Å². The third-order valence-corrected chi connectivity index (χ3v) is 4.27. The number of hydrogen-bond donors (Lipinski definition) is 3. The predicted octanol–water partition coefficient (Wildman–Crippen LogP) is 1.46. The summed E-state index contributed by atoms with van der Waals surface area (Å²) in [6.07, 6.45) is 1.34. The molecule has 0 saturated carbocycles. The van der Waals surface area contributed by atoms with Gasteiger partial charge < -0.3 is 10.8 Å². The fourth-order valence-corrected chi connectivity index (χ4v) is 2.94. The van der Waals surface area contributed by atoms with Crippen molar-refractivity contribution in [2.75, 3.05) is 0 Å². The van der Waals surface area contributed by atoms with E-state index in [1.807, 2.05) is 0 Å². The first-order valence-electron chi connectivity index (χ1n) is 7.96. The molecule has 1 amide bonds. The van der Waals surface area contributed by atoms with Crippen LogP contribution in [0.1, 0.15) is 23.1 Å². The van der Waals surface area contributed by atoms with Gasteiger partial charge in [-0.2, -0.15) is 0 Å². The van der Waals surface area contributed by atoms with Crippen LogP contribution in [0.15, 0.2) is 51.1 Å². The van der Waals surface area contributed by atoms with Gasteiger partial charge in [-0.1, -0.05) is 12.1 Å². The molecule has 0 fully saturated rings. The van der Waals surface area contributed by atoms with E-state index in [2.05, 4.69) is 30.4 Å². The minimum Gasteiger partial charge on any atom is -0.369 e. The van der Waals surface area contributed by atoms with Gasteiger partial charge in [-0.3, -0.25) is 19.5 Å². The van der Waals surface area contributed by atoms with Crippen molar-refractivity contribution in [3.8, 4) is 0 Å². The van der Waals surface area contributed by atoms with Crippen LogP contribution >= 0.6 is 0 Å². The second kappa shape index (κ2) is 6.09. The lowest BCUT2D eigenvalue weighted by molar-refractivity contribution is -0.119. The molecule has 2 aromatic heterocycles. The van der Waals surface area contributed by atoms with E-state index in [9.17, 15) is 14.4 Å². The minimum atomic E-state index is -1.22. The minimum absolute atomic E-state index is 0.0000260. The molecular weight excluding hydrogens is 350 g/mol. The zero-order valence-corrected chi connectivity index (χ0v) is 14.1. The Bertz CT molecular complexity index is 1220. The molecular formula is C17H13N7O3. The largest absolute Gasteiger partial charge is 0.369 e. The van der Waals surface area contributed by atoms with E-state index in [4.69, 9.17) is 5.73 Å². The molecule has 0 bridgehead atoms. The molecule has 27 heavy (non-hydrogen) atoms. The molecule has 4 N–H and O–H groups in total. The van der Waals surface area contributed by atoms with Crippen LogP contribution in [0, 0.1) is 5.92 Å². The van der Waals surface area contributed by atoms with Crippen LogP contribution in [-0.2, 0) is 4.79 Å². The van der Waals surface area contributed by atoms with Crippen LogP contribution < -0.4 is 11.3 Å². The summed E-state index contributed by atoms with van der Waals surface area (Å²) in [6.45, 7) is 1.56. The average molecular weight is 363 g/mol. The predicted molar refractivity (Wildman–Crippen MR) is 95.1 cm³/mol. The Morgan fingerprint density at radius 3 is 2.37 bits per heavy atom. The first kappa shape index (κ1) is 16.5. The fraction of sp³-hybridized carbons (Fsp3) is 0.118. The monoisotopic (exact) mass is 363 g/mol. The number of ketones is 1. The number of nitrogens with one attached hydrogen (secondary N) is 2. The van der Waals surface area contributed by atoms with Crippen LogP contribution in [0.2, 0.25) is 0 Å². The third-order valence-electron chi connectivity index (χ3n) is 4.27. The summed E-state index contributed by atoms with van der Waals surface area (Å²) in [7, 11) is 0. The summed E-state index contributed by atoms with van der Waals surface area (Å²) in [5.74, 6) is -2.57. The first-order chi connectivity index (χ1) is 13.0. The molecule has 1 aliphatic rings. The zero-order valence-electron chi connectivity index (χ0n) is 14.1. The number of hydrogen-bond acceptors (Lipinski definition) is 7. The highest BCUT2D eigenvalue weighted by Gasteiger charge is 2.38. The summed E-state index contributed by atoms with van der Waals surface area (Å²) < 4.78 is 0. The molecule has 2 heterocycles. The van der Waals surface area contributed by atoms with Crippen LogP contribution in [0.4, 0.5) is 5.69 Å². The van der Waals surface area contributed by atoms with Crippen molar-refractivity contribution < 1.29 is 9.59 Å². The highest BCUT2D eigenvalue weighted by Crippen LogP contribution is 2.35. The molecule has 1 aromatic carbocycles. The topological polar surface area (TPSA) is 159 Å². The molecule has 0 spiro atoms. The average Bonchev–Trinajstić information content (AvgIpc) is 3.05. The van der Waals surface area contributed by atoms with Gasteiger partial charge in [-0.15, -0.1) is 10.2 Å². The summed E-state index contributed by atoms with van der Waals surface area (Å²) in [5.41, 5.74) is 6.76. The maximum absolute atomic E-state index is 12.8. The van der Waals surface area contributed by atoms with Gasteiger partial charge in [0.25, 0.3) is 5.56 Å². The Morgan fingerprint density at radius 1 is 1.11 bits per heavy atom. The van der Waals surface area contributed by atoms with E-state index in [1.165, 1.54) is 6.20 Å². The lowest BCUT2D eigenvalue weighted by atomic mass is 9.85. The van der Waals surface area contributed by atoms with Crippen LogP contribution in [0.25, 0.3) is 16.7 Å². The number of nitrogens with zero attached hydrogens (tertiary/aromatic N) is 4. The van der Waals surface area contributed by atoms with Gasteiger partial charge in [0.15, 0.2) is 11.5 Å². The van der Waals surface area contributed by atoms with Crippen molar-refractivity contribution in [3.63, 3.8) is 0 Å². The number of aromatic nitrogens is 4. The molecule has 3 aromatic rings. The standard InChI is InChI=1S/C17H13N7O3/c1-7-11(16(18)26)15(25)14-13(20-8-4-2-3-5-9(8)21-14)12(7)23-22-10-6-19-24-17(10)27/h2-6,11H,1H3,(H2,18,26)(H2,19,24,27). The third kappa shape index (κ3) is 2.63. The van der Waals surface area contributed by atoms with E-state index >= 15 is 0 Å². The second-order valence-corrected chi connectivity index (χ2v) is 5.97. The van der Waals surface area contributed by atoms with Crippen molar-refractivity contribution in [1.82, 2.24) is 20.2 Å². The lowest BCUT2D eigenvalue weighted by Gasteiger charge is -2.22. The number of fused-ring (bicyclic) bond motifs is 2. The Morgan fingerprint density at radius 2 is 1.78 bits per heavy atom. The molecule has 134 valence electrons. The molecule has 0 aliphatic heterocycles. The number of para-hydroxylation sites is 2. The normalized spacial score (nSPS) is 16.9. The molecule has 10 heteroatoms. The van der Waals surface area contributed by atoms with Crippen molar-refractivity contribution in [2.45, 2.75) is 6.92 Å². The number of aromatic amines is 2.